The fraction of sp³-hybridized carbons (Fsp3) is 0.222. The number of hydrogen-bond donors (Lipinski definition) is 3. The maximum Gasteiger partial charge on any atom is 0.244 e. The van der Waals surface area contributed by atoms with Gasteiger partial charge < -0.3 is 11.1 Å². The normalized spacial score (nSPS) is 11.3. The second-order valence-electron chi connectivity index (χ2n) is 3.31. The second-order valence-corrected chi connectivity index (χ2v) is 5.05. The minimum Gasteiger partial charge on any atom is -0.399 e. The van der Waals surface area contributed by atoms with Crippen molar-refractivity contribution in [2.45, 2.75) is 4.90 Å². The Morgan fingerprint density at radius 2 is 2.00 bits per heavy atom. The molecule has 0 radical (unpaired) electrons. The fourth-order valence-corrected chi connectivity index (χ4v) is 2.21. The summed E-state index contributed by atoms with van der Waals surface area (Å²) in [6, 6.07) is 1.43. The van der Waals surface area contributed by atoms with Gasteiger partial charge in [0, 0.05) is 12.7 Å². The molecule has 1 aromatic rings. The maximum atomic E-state index is 13.3. The minimum absolute atomic E-state index is 0.241. The van der Waals surface area contributed by atoms with Gasteiger partial charge in [-0.15, -0.1) is 0 Å². The molecule has 0 fully saturated rings. The highest BCUT2D eigenvalue weighted by Crippen LogP contribution is 2.20. The first kappa shape index (κ1) is 14.3. The van der Waals surface area contributed by atoms with Gasteiger partial charge in [0.05, 0.1) is 6.54 Å². The number of hydrogen-bond acceptors (Lipinski definition) is 4. The lowest BCUT2D eigenvalue weighted by Gasteiger charge is -2.08. The molecule has 0 aliphatic carbocycles. The Hall–Kier alpha value is -1.74. The molecule has 0 saturated carbocycles. The monoisotopic (exact) mass is 279 g/mol. The van der Waals surface area contributed by atoms with E-state index in [9.17, 15) is 22.0 Å². The summed E-state index contributed by atoms with van der Waals surface area (Å²) in [6.45, 7) is -0.589. The molecular formula is C9H11F2N3O3S. The van der Waals surface area contributed by atoms with Crippen molar-refractivity contribution in [2.24, 2.45) is 0 Å². The van der Waals surface area contributed by atoms with Crippen LogP contribution < -0.4 is 15.8 Å². The van der Waals surface area contributed by atoms with Crippen molar-refractivity contribution in [3.05, 3.63) is 23.8 Å². The molecule has 6 nitrogen and oxygen atoms in total. The number of carbonyl (C=O) groups excluding carboxylic acids is 1. The van der Waals surface area contributed by atoms with Crippen molar-refractivity contribution < 1.29 is 22.0 Å². The topological polar surface area (TPSA) is 101 Å². The molecule has 0 aliphatic heterocycles. The number of nitrogens with two attached hydrogens (primary N) is 1. The van der Waals surface area contributed by atoms with Gasteiger partial charge in [-0.3, -0.25) is 4.79 Å². The number of anilines is 1. The first-order valence-electron chi connectivity index (χ1n) is 4.72. The highest BCUT2D eigenvalue weighted by atomic mass is 32.2. The second kappa shape index (κ2) is 5.27. The van der Waals surface area contributed by atoms with E-state index in [1.165, 1.54) is 7.05 Å². The smallest absolute Gasteiger partial charge is 0.244 e. The molecule has 0 aromatic heterocycles. The molecule has 4 N–H and O–H groups in total. The average molecular weight is 279 g/mol. The van der Waals surface area contributed by atoms with Crippen LogP contribution in [0.1, 0.15) is 0 Å². The quantitative estimate of drug-likeness (QED) is 0.651. The van der Waals surface area contributed by atoms with E-state index in [0.717, 1.165) is 6.07 Å². The molecule has 9 heteroatoms. The number of carbonyl (C=O) groups is 1. The zero-order valence-electron chi connectivity index (χ0n) is 9.33. The molecule has 100 valence electrons. The van der Waals surface area contributed by atoms with Gasteiger partial charge in [-0.2, -0.15) is 0 Å². The van der Waals surface area contributed by atoms with Gasteiger partial charge in [-0.1, -0.05) is 0 Å². The van der Waals surface area contributed by atoms with Crippen LogP contribution in [0.3, 0.4) is 0 Å². The summed E-state index contributed by atoms with van der Waals surface area (Å²) in [5.74, 6) is -3.55. The van der Waals surface area contributed by atoms with Crippen molar-refractivity contribution in [2.75, 3.05) is 19.3 Å². The molecule has 1 aromatic carbocycles. The zero-order valence-corrected chi connectivity index (χ0v) is 10.1. The summed E-state index contributed by atoms with van der Waals surface area (Å²) in [7, 11) is -3.04. The van der Waals surface area contributed by atoms with Crippen LogP contribution in [0.15, 0.2) is 17.0 Å². The Morgan fingerprint density at radius 1 is 1.39 bits per heavy atom. The Labute approximate surface area is 102 Å². The van der Waals surface area contributed by atoms with Gasteiger partial charge >= 0.3 is 0 Å². The molecule has 0 spiro atoms. The number of halogens is 2. The van der Waals surface area contributed by atoms with Gasteiger partial charge in [0.1, 0.15) is 4.90 Å². The first-order chi connectivity index (χ1) is 8.27. The Bertz CT molecular complexity index is 575. The third kappa shape index (κ3) is 3.14. The zero-order chi connectivity index (χ0) is 13.9. The largest absolute Gasteiger partial charge is 0.399 e. The summed E-state index contributed by atoms with van der Waals surface area (Å²) < 4.78 is 51.4. The van der Waals surface area contributed by atoms with Crippen LogP contribution in [-0.4, -0.2) is 27.9 Å². The van der Waals surface area contributed by atoms with Crippen LogP contribution in [0.4, 0.5) is 14.5 Å². The predicted octanol–water partition coefficient (Wildman–Crippen LogP) is -0.429. The van der Waals surface area contributed by atoms with E-state index in [1.54, 1.807) is 0 Å². The maximum absolute atomic E-state index is 13.3. The van der Waals surface area contributed by atoms with Gasteiger partial charge in [0.2, 0.25) is 15.9 Å². The van der Waals surface area contributed by atoms with Crippen LogP contribution in [-0.2, 0) is 14.8 Å². The average Bonchev–Trinajstić information content (AvgIpc) is 2.30. The lowest BCUT2D eigenvalue weighted by atomic mass is 10.3. The Kier molecular flexibility index (Phi) is 4.19. The number of amides is 1. The summed E-state index contributed by atoms with van der Waals surface area (Å²) in [5, 5.41) is 2.17. The molecule has 0 unspecified atom stereocenters. The fourth-order valence-electron chi connectivity index (χ4n) is 1.11. The van der Waals surface area contributed by atoms with E-state index >= 15 is 0 Å². The molecule has 1 amide bonds. The van der Waals surface area contributed by atoms with Gasteiger partial charge in [0.25, 0.3) is 0 Å². The van der Waals surface area contributed by atoms with Crippen LogP contribution >= 0.6 is 0 Å². The van der Waals surface area contributed by atoms with E-state index in [1.807, 2.05) is 4.72 Å². The number of rotatable bonds is 4. The molecule has 0 heterocycles. The van der Waals surface area contributed by atoms with Crippen LogP contribution in [0.2, 0.25) is 0 Å². The van der Waals surface area contributed by atoms with Crippen molar-refractivity contribution in [3.8, 4) is 0 Å². The molecule has 18 heavy (non-hydrogen) atoms. The molecule has 0 saturated heterocycles. The number of nitrogen functional groups attached to an aromatic ring is 1. The third-order valence-corrected chi connectivity index (χ3v) is 3.41. The summed E-state index contributed by atoms with van der Waals surface area (Å²) in [6.07, 6.45) is 0. The van der Waals surface area contributed by atoms with Gasteiger partial charge in [0.15, 0.2) is 11.6 Å². The van der Waals surface area contributed by atoms with E-state index < -0.39 is 39.0 Å². The highest BCUT2D eigenvalue weighted by Gasteiger charge is 2.23. The minimum atomic E-state index is -4.35. The SMILES string of the molecule is CNC(=O)CNS(=O)(=O)c1cc(N)cc(F)c1F. The Balaban J connectivity index is 3.09. The lowest BCUT2D eigenvalue weighted by molar-refractivity contribution is -0.119. The lowest BCUT2D eigenvalue weighted by Crippen LogP contribution is -2.35. The van der Waals surface area contributed by atoms with Gasteiger partial charge in [-0.25, -0.2) is 21.9 Å². The standard InChI is InChI=1S/C9H11F2N3O3S/c1-13-8(15)4-14-18(16,17)7-3-5(12)2-6(10)9(7)11/h2-3,14H,4,12H2,1H3,(H,13,15). The summed E-state index contributed by atoms with van der Waals surface area (Å²) in [5.41, 5.74) is 4.99. The van der Waals surface area contributed by atoms with Crippen molar-refractivity contribution >= 4 is 21.6 Å². The number of likely N-dealkylation sites (N-methyl/N-ethyl adjacent to an activating group) is 1. The number of nitrogens with one attached hydrogen (secondary N) is 2. The summed E-state index contributed by atoms with van der Waals surface area (Å²) in [4.78, 5) is 9.94. The Morgan fingerprint density at radius 3 is 2.56 bits per heavy atom. The predicted molar refractivity (Wildman–Crippen MR) is 60.0 cm³/mol. The van der Waals surface area contributed by atoms with Crippen LogP contribution in [0.25, 0.3) is 0 Å². The number of sulfonamides is 1. The van der Waals surface area contributed by atoms with E-state index in [0.29, 0.717) is 6.07 Å². The highest BCUT2D eigenvalue weighted by molar-refractivity contribution is 7.89. The third-order valence-electron chi connectivity index (χ3n) is 2.01. The van der Waals surface area contributed by atoms with E-state index in [2.05, 4.69) is 5.32 Å². The molecule has 0 aliphatic rings. The molecule has 1 rings (SSSR count). The summed E-state index contributed by atoms with van der Waals surface area (Å²) >= 11 is 0. The number of benzene rings is 1. The van der Waals surface area contributed by atoms with E-state index in [-0.39, 0.29) is 5.69 Å². The first-order valence-corrected chi connectivity index (χ1v) is 6.21. The van der Waals surface area contributed by atoms with Crippen LogP contribution in [0, 0.1) is 11.6 Å². The van der Waals surface area contributed by atoms with Crippen molar-refractivity contribution in [1.29, 1.82) is 0 Å². The van der Waals surface area contributed by atoms with Crippen molar-refractivity contribution in [3.63, 3.8) is 0 Å². The van der Waals surface area contributed by atoms with Crippen molar-refractivity contribution in [1.82, 2.24) is 10.0 Å². The van der Waals surface area contributed by atoms with Gasteiger partial charge in [-0.05, 0) is 12.1 Å². The van der Waals surface area contributed by atoms with E-state index in [4.69, 9.17) is 5.73 Å². The molecule has 0 bridgehead atoms. The molecule has 0 atom stereocenters. The van der Waals surface area contributed by atoms with Crippen LogP contribution in [0.5, 0.6) is 0 Å². The molecular weight excluding hydrogens is 268 g/mol.